The van der Waals surface area contributed by atoms with Crippen LogP contribution in [0.5, 0.6) is 0 Å². The van der Waals surface area contributed by atoms with Crippen molar-refractivity contribution in [1.29, 1.82) is 0 Å². The minimum absolute atomic E-state index is 1.26. The summed E-state index contributed by atoms with van der Waals surface area (Å²) in [5, 5.41) is 0. The Hall–Kier alpha value is -0.260. The molecule has 0 saturated heterocycles. The quantitative estimate of drug-likeness (QED) is 0.419. The van der Waals surface area contributed by atoms with Crippen LogP contribution in [0.4, 0.5) is 0 Å². The molecule has 0 aromatic heterocycles. The van der Waals surface area contributed by atoms with Crippen molar-refractivity contribution in [3.8, 4) is 0 Å². The van der Waals surface area contributed by atoms with Crippen LogP contribution in [-0.4, -0.2) is 0 Å². The Morgan fingerprint density at radius 1 is 0.750 bits per heavy atom. The van der Waals surface area contributed by atoms with Gasteiger partial charge >= 0.3 is 0 Å². The van der Waals surface area contributed by atoms with Gasteiger partial charge in [-0.3, -0.25) is 0 Å². The molecule has 0 aromatic carbocycles. The van der Waals surface area contributed by atoms with Gasteiger partial charge in [0.05, 0.1) is 0 Å². The van der Waals surface area contributed by atoms with Gasteiger partial charge in [-0.2, -0.15) is 0 Å². The van der Waals surface area contributed by atoms with Crippen molar-refractivity contribution in [3.05, 3.63) is 18.6 Å². The molecule has 1 aliphatic rings. The Balaban J connectivity index is 2.17. The number of hydrogen-bond donors (Lipinski definition) is 0. The third-order valence-electron chi connectivity index (χ3n) is 1.48. The van der Waals surface area contributed by atoms with E-state index in [4.69, 9.17) is 0 Å². The third-order valence-corrected chi connectivity index (χ3v) is 1.48. The van der Waals surface area contributed by atoms with Gasteiger partial charge in [-0.15, -0.1) is 0 Å². The molecule has 0 heterocycles. The fourth-order valence-electron chi connectivity index (χ4n) is 0.974. The minimum atomic E-state index is 1.26. The highest BCUT2D eigenvalue weighted by molar-refractivity contribution is 4.86. The van der Waals surface area contributed by atoms with Crippen LogP contribution in [0.3, 0.4) is 0 Å². The van der Waals surface area contributed by atoms with E-state index >= 15 is 0 Å². The molecule has 0 bridgehead atoms. The molecule has 0 aromatic rings. The van der Waals surface area contributed by atoms with Crippen molar-refractivity contribution >= 4 is 0 Å². The summed E-state index contributed by atoms with van der Waals surface area (Å²) >= 11 is 0. The maximum absolute atomic E-state index is 2.39. The van der Waals surface area contributed by atoms with Gasteiger partial charge in [-0.1, -0.05) is 12.2 Å². The highest BCUT2D eigenvalue weighted by Crippen LogP contribution is 2.08. The molecule has 1 aliphatic carbocycles. The van der Waals surface area contributed by atoms with E-state index in [-0.39, 0.29) is 0 Å². The summed E-state index contributed by atoms with van der Waals surface area (Å²) in [5.74, 6) is 0. The lowest BCUT2D eigenvalue weighted by atomic mass is 10.1. The van der Waals surface area contributed by atoms with Crippen LogP contribution in [0.1, 0.15) is 32.1 Å². The van der Waals surface area contributed by atoms with Crippen LogP contribution < -0.4 is 0 Å². The van der Waals surface area contributed by atoms with E-state index in [2.05, 4.69) is 18.6 Å². The predicted molar refractivity (Wildman–Crippen MR) is 36.5 cm³/mol. The zero-order valence-electron chi connectivity index (χ0n) is 5.27. The fourth-order valence-corrected chi connectivity index (χ4v) is 0.974. The molecule has 0 heteroatoms. The van der Waals surface area contributed by atoms with Crippen LogP contribution in [0, 0.1) is 6.42 Å². The van der Waals surface area contributed by atoms with Crippen molar-refractivity contribution in [2.75, 3.05) is 0 Å². The fraction of sp³-hybridized carbons (Fsp3) is 0.625. The lowest BCUT2D eigenvalue weighted by Crippen LogP contribution is -1.81. The first kappa shape index (κ1) is 5.87. The normalized spacial score (nSPS) is 26.0. The summed E-state index contributed by atoms with van der Waals surface area (Å²) in [6.45, 7) is 0. The molecular weight excluding hydrogens is 96.1 g/mol. The van der Waals surface area contributed by atoms with E-state index in [1.54, 1.807) is 0 Å². The molecule has 0 atom stereocenters. The minimum Gasteiger partial charge on any atom is -0.0885 e. The standard InChI is InChI=1S/C8H13/c1-2-4-6-8-7-5-3-1/h1-2,7H,3-6,8H2/b2-1-. The van der Waals surface area contributed by atoms with Gasteiger partial charge in [-0.25, -0.2) is 0 Å². The van der Waals surface area contributed by atoms with Gasteiger partial charge < -0.3 is 0 Å². The van der Waals surface area contributed by atoms with Gasteiger partial charge in [0, 0.05) is 0 Å². The third kappa shape index (κ3) is 2.15. The Bertz CT molecular complexity index is 62.1. The molecule has 0 N–H and O–H groups in total. The van der Waals surface area contributed by atoms with Crippen LogP contribution >= 0.6 is 0 Å². The van der Waals surface area contributed by atoms with Crippen molar-refractivity contribution < 1.29 is 0 Å². The molecule has 45 valence electrons. The van der Waals surface area contributed by atoms with E-state index in [1.807, 2.05) is 0 Å². The average molecular weight is 109 g/mol. The second kappa shape index (κ2) is 3.71. The molecule has 0 amide bonds. The molecule has 0 aliphatic heterocycles. The topological polar surface area (TPSA) is 0 Å². The summed E-state index contributed by atoms with van der Waals surface area (Å²) in [5.41, 5.74) is 0. The first-order valence-corrected chi connectivity index (χ1v) is 3.47. The van der Waals surface area contributed by atoms with Gasteiger partial charge in [0.2, 0.25) is 0 Å². The molecule has 0 saturated carbocycles. The zero-order chi connectivity index (χ0) is 5.66. The van der Waals surface area contributed by atoms with Crippen molar-refractivity contribution in [2.24, 2.45) is 0 Å². The maximum Gasteiger partial charge on any atom is -0.0348 e. The average Bonchev–Trinajstić information content (AvgIpc) is 1.62. The summed E-state index contributed by atoms with van der Waals surface area (Å²) < 4.78 is 0. The molecule has 1 radical (unpaired) electrons. The summed E-state index contributed by atoms with van der Waals surface area (Å²) in [6, 6.07) is 0. The Kier molecular flexibility index (Phi) is 2.72. The lowest BCUT2D eigenvalue weighted by molar-refractivity contribution is 0.758. The molecule has 0 unspecified atom stereocenters. The van der Waals surface area contributed by atoms with Gasteiger partial charge in [0.1, 0.15) is 0 Å². The maximum atomic E-state index is 2.39. The van der Waals surface area contributed by atoms with Crippen LogP contribution in [-0.2, 0) is 0 Å². The van der Waals surface area contributed by atoms with Crippen LogP contribution in [0.2, 0.25) is 0 Å². The number of hydrogen-bond acceptors (Lipinski definition) is 0. The molecule has 8 heavy (non-hydrogen) atoms. The predicted octanol–water partition coefficient (Wildman–Crippen LogP) is 2.71. The van der Waals surface area contributed by atoms with E-state index in [9.17, 15) is 0 Å². The molecule has 1 rings (SSSR count). The lowest BCUT2D eigenvalue weighted by Gasteiger charge is -1.99. The van der Waals surface area contributed by atoms with E-state index in [0.29, 0.717) is 0 Å². The molecule has 0 fully saturated rings. The van der Waals surface area contributed by atoms with E-state index < -0.39 is 0 Å². The van der Waals surface area contributed by atoms with E-state index in [0.717, 1.165) is 0 Å². The smallest absolute Gasteiger partial charge is 0.0348 e. The second-order valence-corrected chi connectivity index (χ2v) is 2.27. The summed E-state index contributed by atoms with van der Waals surface area (Å²) in [4.78, 5) is 0. The second-order valence-electron chi connectivity index (χ2n) is 2.27. The monoisotopic (exact) mass is 109 g/mol. The highest BCUT2D eigenvalue weighted by atomic mass is 14.0. The van der Waals surface area contributed by atoms with Crippen molar-refractivity contribution in [1.82, 2.24) is 0 Å². The molecule has 0 spiro atoms. The van der Waals surface area contributed by atoms with Crippen LogP contribution in [0.15, 0.2) is 12.2 Å². The number of allylic oxidation sites excluding steroid dienone is 2. The van der Waals surface area contributed by atoms with E-state index in [1.165, 1.54) is 32.1 Å². The summed E-state index contributed by atoms with van der Waals surface area (Å²) in [6.07, 6.45) is 13.5. The Morgan fingerprint density at radius 3 is 2.62 bits per heavy atom. The van der Waals surface area contributed by atoms with Gasteiger partial charge in [-0.05, 0) is 38.5 Å². The highest BCUT2D eigenvalue weighted by Gasteiger charge is 1.90. The zero-order valence-corrected chi connectivity index (χ0v) is 5.27. The van der Waals surface area contributed by atoms with Gasteiger partial charge in [0.15, 0.2) is 0 Å². The van der Waals surface area contributed by atoms with Crippen LogP contribution in [0.25, 0.3) is 0 Å². The SMILES string of the molecule is [CH]1CC/C=C\CCC1. The molecule has 0 nitrogen and oxygen atoms in total. The summed E-state index contributed by atoms with van der Waals surface area (Å²) in [7, 11) is 0. The van der Waals surface area contributed by atoms with Crippen molar-refractivity contribution in [2.45, 2.75) is 32.1 Å². The first-order valence-electron chi connectivity index (χ1n) is 3.47. The Labute approximate surface area is 51.6 Å². The van der Waals surface area contributed by atoms with Gasteiger partial charge in [0.25, 0.3) is 0 Å². The van der Waals surface area contributed by atoms with Crippen molar-refractivity contribution in [3.63, 3.8) is 0 Å². The molecular formula is C8H13. The number of rotatable bonds is 0. The first-order chi connectivity index (χ1) is 4.00. The Morgan fingerprint density at radius 2 is 1.62 bits per heavy atom. The largest absolute Gasteiger partial charge is 0.0885 e.